The molecule has 5 nitrogen and oxygen atoms in total. The summed E-state index contributed by atoms with van der Waals surface area (Å²) in [6, 6.07) is 7.79. The van der Waals surface area contributed by atoms with Crippen molar-refractivity contribution in [1.29, 1.82) is 5.26 Å². The normalized spacial score (nSPS) is 26.1. The highest BCUT2D eigenvalue weighted by Crippen LogP contribution is 2.32. The van der Waals surface area contributed by atoms with Gasteiger partial charge in [0.05, 0.1) is 16.8 Å². The number of benzene rings is 1. The quantitative estimate of drug-likeness (QED) is 0.855. The Labute approximate surface area is 126 Å². The van der Waals surface area contributed by atoms with E-state index in [1.807, 2.05) is 19.1 Å². The van der Waals surface area contributed by atoms with Crippen LogP contribution in [0, 0.1) is 11.3 Å². The van der Waals surface area contributed by atoms with Crippen LogP contribution in [0.1, 0.15) is 25.3 Å². The smallest absolute Gasteiger partial charge is 0.237 e. The van der Waals surface area contributed by atoms with Gasteiger partial charge in [-0.15, -0.1) is 0 Å². The highest BCUT2D eigenvalue weighted by Gasteiger charge is 2.40. The number of carbonyl (C=O) groups is 1. The first-order valence-electron chi connectivity index (χ1n) is 6.42. The summed E-state index contributed by atoms with van der Waals surface area (Å²) in [7, 11) is 0. The zero-order valence-electron chi connectivity index (χ0n) is 11.3. The lowest BCUT2D eigenvalue weighted by Crippen LogP contribution is -2.61. The van der Waals surface area contributed by atoms with Gasteiger partial charge in [0.1, 0.15) is 6.07 Å². The van der Waals surface area contributed by atoms with Crippen LogP contribution in [0.4, 0.5) is 5.69 Å². The molecule has 1 aromatic rings. The van der Waals surface area contributed by atoms with Crippen LogP contribution in [-0.4, -0.2) is 24.0 Å². The van der Waals surface area contributed by atoms with Crippen molar-refractivity contribution in [3.05, 3.63) is 28.2 Å². The maximum absolute atomic E-state index is 11.5. The first-order chi connectivity index (χ1) is 9.37. The number of rotatable bonds is 2. The summed E-state index contributed by atoms with van der Waals surface area (Å²) in [4.78, 5) is 13.6. The van der Waals surface area contributed by atoms with Gasteiger partial charge in [0.2, 0.25) is 5.91 Å². The Morgan fingerprint density at radius 3 is 2.85 bits per heavy atom. The molecule has 0 unspecified atom stereocenters. The zero-order valence-corrected chi connectivity index (χ0v) is 12.9. The number of anilines is 1. The molecule has 1 amide bonds. The summed E-state index contributed by atoms with van der Waals surface area (Å²) in [5, 5.41) is 9.23. The highest BCUT2D eigenvalue weighted by atomic mass is 79.9. The number of hydrogen-bond donors (Lipinski definition) is 2. The van der Waals surface area contributed by atoms with Gasteiger partial charge < -0.3 is 16.4 Å². The van der Waals surface area contributed by atoms with Crippen LogP contribution in [0.5, 0.6) is 0 Å². The van der Waals surface area contributed by atoms with Crippen LogP contribution in [-0.2, 0) is 4.79 Å². The van der Waals surface area contributed by atoms with Crippen molar-refractivity contribution in [2.45, 2.75) is 31.3 Å². The second-order valence-corrected chi connectivity index (χ2v) is 6.21. The molecule has 1 aromatic carbocycles. The van der Waals surface area contributed by atoms with Gasteiger partial charge in [0.15, 0.2) is 0 Å². The first kappa shape index (κ1) is 14.8. The number of carbonyl (C=O) groups excluding carboxylic acids is 1. The molecule has 1 heterocycles. The fourth-order valence-corrected chi connectivity index (χ4v) is 3.05. The van der Waals surface area contributed by atoms with Gasteiger partial charge in [-0.25, -0.2) is 0 Å². The minimum Gasteiger partial charge on any atom is -0.368 e. The standard InChI is InChI=1S/C14H17BrN4O/c1-9-7-14(18,13(17)20)4-5-19(9)12-6-11(15)3-2-10(12)8-16/h2-3,6,9H,4-5,7,18H2,1H3,(H2,17,20)/t9-,14+/m0/s1. The van der Waals surface area contributed by atoms with Gasteiger partial charge in [-0.3, -0.25) is 4.79 Å². The number of hydrogen-bond acceptors (Lipinski definition) is 4. The number of nitriles is 1. The molecule has 1 aliphatic rings. The summed E-state index contributed by atoms with van der Waals surface area (Å²) >= 11 is 3.42. The Hall–Kier alpha value is -1.58. The third-order valence-corrected chi connectivity index (χ3v) is 4.36. The topological polar surface area (TPSA) is 96.1 Å². The Morgan fingerprint density at radius 2 is 2.30 bits per heavy atom. The molecular formula is C14H17BrN4O. The molecule has 20 heavy (non-hydrogen) atoms. The van der Waals surface area contributed by atoms with Crippen molar-refractivity contribution in [3.63, 3.8) is 0 Å². The Balaban J connectivity index is 2.31. The van der Waals surface area contributed by atoms with Crippen molar-refractivity contribution in [3.8, 4) is 6.07 Å². The molecule has 0 bridgehead atoms. The van der Waals surface area contributed by atoms with Gasteiger partial charge >= 0.3 is 0 Å². The first-order valence-corrected chi connectivity index (χ1v) is 7.22. The van der Waals surface area contributed by atoms with E-state index in [1.165, 1.54) is 0 Å². The summed E-state index contributed by atoms with van der Waals surface area (Å²) in [6.07, 6.45) is 0.976. The number of nitrogens with zero attached hydrogens (tertiary/aromatic N) is 2. The minimum absolute atomic E-state index is 0.0441. The molecular weight excluding hydrogens is 320 g/mol. The van der Waals surface area contributed by atoms with Crippen molar-refractivity contribution >= 4 is 27.5 Å². The number of halogens is 1. The SMILES string of the molecule is C[C@H]1C[C@@](N)(C(N)=O)CCN1c1cc(Br)ccc1C#N. The molecule has 1 saturated heterocycles. The number of primary amides is 1. The maximum Gasteiger partial charge on any atom is 0.237 e. The van der Waals surface area contributed by atoms with Gasteiger partial charge in [-0.2, -0.15) is 5.26 Å². The van der Waals surface area contributed by atoms with E-state index in [2.05, 4.69) is 26.9 Å². The fourth-order valence-electron chi connectivity index (χ4n) is 2.70. The number of nitrogens with two attached hydrogens (primary N) is 2. The monoisotopic (exact) mass is 336 g/mol. The molecule has 0 radical (unpaired) electrons. The molecule has 1 aliphatic heterocycles. The average Bonchev–Trinajstić information content (AvgIpc) is 2.38. The Kier molecular flexibility index (Phi) is 4.02. The average molecular weight is 337 g/mol. The maximum atomic E-state index is 11.5. The predicted octanol–water partition coefficient (Wildman–Crippen LogP) is 1.49. The molecule has 2 atom stereocenters. The van der Waals surface area contributed by atoms with Crippen LogP contribution in [0.2, 0.25) is 0 Å². The summed E-state index contributed by atoms with van der Waals surface area (Å²) in [5.74, 6) is -0.459. The third-order valence-electron chi connectivity index (χ3n) is 3.87. The Bertz CT molecular complexity index is 583. The molecule has 4 N–H and O–H groups in total. The molecule has 2 rings (SSSR count). The zero-order chi connectivity index (χ0) is 14.9. The van der Waals surface area contributed by atoms with E-state index >= 15 is 0 Å². The predicted molar refractivity (Wildman–Crippen MR) is 81.0 cm³/mol. The molecule has 6 heteroatoms. The lowest BCUT2D eigenvalue weighted by Gasteiger charge is -2.43. The van der Waals surface area contributed by atoms with Gasteiger partial charge in [-0.1, -0.05) is 15.9 Å². The van der Waals surface area contributed by atoms with Crippen LogP contribution in [0.25, 0.3) is 0 Å². The number of amides is 1. The number of piperidine rings is 1. The molecule has 1 fully saturated rings. The van der Waals surface area contributed by atoms with Gasteiger partial charge in [0, 0.05) is 17.1 Å². The lowest BCUT2D eigenvalue weighted by atomic mass is 9.83. The Morgan fingerprint density at radius 1 is 1.60 bits per heavy atom. The summed E-state index contributed by atoms with van der Waals surface area (Å²) < 4.78 is 0.915. The van der Waals surface area contributed by atoms with Crippen molar-refractivity contribution < 1.29 is 4.79 Å². The summed E-state index contributed by atoms with van der Waals surface area (Å²) in [6.45, 7) is 2.59. The highest BCUT2D eigenvalue weighted by molar-refractivity contribution is 9.10. The van der Waals surface area contributed by atoms with Crippen molar-refractivity contribution in [2.24, 2.45) is 11.5 Å². The van der Waals surface area contributed by atoms with E-state index in [-0.39, 0.29) is 6.04 Å². The van der Waals surface area contributed by atoms with Crippen molar-refractivity contribution in [2.75, 3.05) is 11.4 Å². The second-order valence-electron chi connectivity index (χ2n) is 5.29. The van der Waals surface area contributed by atoms with E-state index in [0.29, 0.717) is 24.9 Å². The molecule has 0 saturated carbocycles. The largest absolute Gasteiger partial charge is 0.368 e. The van der Waals surface area contributed by atoms with Crippen LogP contribution >= 0.6 is 15.9 Å². The van der Waals surface area contributed by atoms with Gasteiger partial charge in [0.25, 0.3) is 0 Å². The lowest BCUT2D eigenvalue weighted by molar-refractivity contribution is -0.124. The molecule has 106 valence electrons. The molecule has 0 spiro atoms. The van der Waals surface area contributed by atoms with E-state index in [1.54, 1.807) is 6.07 Å². The minimum atomic E-state index is -0.950. The van der Waals surface area contributed by atoms with Gasteiger partial charge in [-0.05, 0) is 38.0 Å². The summed E-state index contributed by atoms with van der Waals surface area (Å²) in [5.41, 5.74) is 12.0. The van der Waals surface area contributed by atoms with Crippen molar-refractivity contribution in [1.82, 2.24) is 0 Å². The van der Waals surface area contributed by atoms with Crippen LogP contribution in [0.15, 0.2) is 22.7 Å². The second kappa shape index (κ2) is 5.43. The van der Waals surface area contributed by atoms with Crippen LogP contribution < -0.4 is 16.4 Å². The fraction of sp³-hybridized carbons (Fsp3) is 0.429. The van der Waals surface area contributed by atoms with E-state index in [0.717, 1.165) is 10.2 Å². The van der Waals surface area contributed by atoms with E-state index in [9.17, 15) is 10.1 Å². The van der Waals surface area contributed by atoms with E-state index in [4.69, 9.17) is 11.5 Å². The molecule has 0 aliphatic carbocycles. The van der Waals surface area contributed by atoms with Crippen LogP contribution in [0.3, 0.4) is 0 Å². The van der Waals surface area contributed by atoms with E-state index < -0.39 is 11.4 Å². The molecule has 0 aromatic heterocycles. The third kappa shape index (κ3) is 2.65.